The number of fused-ring (bicyclic) bond motifs is 1. The second kappa shape index (κ2) is 10.9. The fourth-order valence-electron chi connectivity index (χ4n) is 6.05. The Balaban J connectivity index is 1.38. The number of pyridine rings is 1. The lowest BCUT2D eigenvalue weighted by atomic mass is 9.83. The van der Waals surface area contributed by atoms with Crippen LogP contribution in [0.15, 0.2) is 42.7 Å². The van der Waals surface area contributed by atoms with Gasteiger partial charge >= 0.3 is 12.1 Å². The smallest absolute Gasteiger partial charge is 0.408 e. The highest BCUT2D eigenvalue weighted by Gasteiger charge is 2.47. The van der Waals surface area contributed by atoms with E-state index in [-0.39, 0.29) is 31.3 Å². The van der Waals surface area contributed by atoms with E-state index in [2.05, 4.69) is 10.4 Å². The van der Waals surface area contributed by atoms with E-state index in [4.69, 9.17) is 4.74 Å². The van der Waals surface area contributed by atoms with Crippen LogP contribution in [0.5, 0.6) is 0 Å². The van der Waals surface area contributed by atoms with Crippen LogP contribution < -0.4 is 10.2 Å². The van der Waals surface area contributed by atoms with Crippen LogP contribution in [0.1, 0.15) is 75.3 Å². The number of halogens is 2. The summed E-state index contributed by atoms with van der Waals surface area (Å²) in [6.45, 7) is 7.54. The van der Waals surface area contributed by atoms with E-state index in [9.17, 15) is 28.3 Å². The van der Waals surface area contributed by atoms with Gasteiger partial charge in [0.15, 0.2) is 0 Å². The Kier molecular flexibility index (Phi) is 7.59. The van der Waals surface area contributed by atoms with Gasteiger partial charge < -0.3 is 25.0 Å². The molecule has 0 bridgehead atoms. The number of piperidine rings is 1. The number of carboxylic acid groups (broad SMARTS) is 1. The number of hydrogen-bond donors (Lipinski definition) is 2. The maximum atomic E-state index is 14.6. The fraction of sp³-hybridized carbons (Fsp3) is 0.467. The number of amides is 2. The summed E-state index contributed by atoms with van der Waals surface area (Å²) in [6.07, 6.45) is 3.81. The second-order valence-corrected chi connectivity index (χ2v) is 12.1. The molecule has 3 atom stereocenters. The van der Waals surface area contributed by atoms with Crippen LogP contribution in [0.3, 0.4) is 0 Å². The molecule has 2 saturated heterocycles. The van der Waals surface area contributed by atoms with Gasteiger partial charge in [0.05, 0.1) is 23.3 Å². The minimum Gasteiger partial charge on any atom is -0.480 e. The Hall–Kier alpha value is -4.22. The summed E-state index contributed by atoms with van der Waals surface area (Å²) < 4.78 is 35.5. The number of alkyl carbamates (subject to hydrolysis) is 1. The molecule has 2 N–H and O–H groups in total. The van der Waals surface area contributed by atoms with Crippen molar-refractivity contribution in [2.75, 3.05) is 18.0 Å². The summed E-state index contributed by atoms with van der Waals surface area (Å²) in [5, 5.41) is 16.9. The number of carbonyl (C=O) groups is 3. The molecule has 42 heavy (non-hydrogen) atoms. The van der Waals surface area contributed by atoms with Gasteiger partial charge in [0, 0.05) is 43.0 Å². The first-order valence-corrected chi connectivity index (χ1v) is 14.0. The number of hydrogen-bond acceptors (Lipinski definition) is 6. The molecule has 0 spiro atoms. The first-order valence-electron chi connectivity index (χ1n) is 14.0. The molecule has 12 heteroatoms. The maximum absolute atomic E-state index is 14.6. The topological polar surface area (TPSA) is 116 Å². The van der Waals surface area contributed by atoms with Crippen molar-refractivity contribution in [2.24, 2.45) is 0 Å². The van der Waals surface area contributed by atoms with Gasteiger partial charge in [-0.05, 0) is 77.3 Å². The summed E-state index contributed by atoms with van der Waals surface area (Å²) in [7, 11) is 0. The lowest BCUT2D eigenvalue weighted by molar-refractivity contribution is -0.147. The van der Waals surface area contributed by atoms with Gasteiger partial charge in [-0.3, -0.25) is 4.79 Å². The largest absolute Gasteiger partial charge is 0.480 e. The molecule has 5 rings (SSSR count). The predicted octanol–water partition coefficient (Wildman–Crippen LogP) is 4.93. The number of aromatic nitrogens is 2. The van der Waals surface area contributed by atoms with Gasteiger partial charge in [-0.2, -0.15) is 5.10 Å². The molecule has 0 aliphatic carbocycles. The lowest BCUT2D eigenvalue weighted by Crippen LogP contribution is -2.63. The molecule has 10 nitrogen and oxygen atoms in total. The number of benzene rings is 1. The molecular formula is C30H35F2N5O5. The van der Waals surface area contributed by atoms with Crippen LogP contribution >= 0.6 is 0 Å². The van der Waals surface area contributed by atoms with Crippen LogP contribution in [0.4, 0.5) is 19.3 Å². The van der Waals surface area contributed by atoms with E-state index in [0.29, 0.717) is 29.6 Å². The van der Waals surface area contributed by atoms with E-state index in [1.807, 2.05) is 17.0 Å². The first kappa shape index (κ1) is 29.3. The van der Waals surface area contributed by atoms with Crippen molar-refractivity contribution in [2.45, 2.75) is 76.6 Å². The summed E-state index contributed by atoms with van der Waals surface area (Å²) in [4.78, 5) is 42.1. The molecule has 3 unspecified atom stereocenters. The number of nitrogens with one attached hydrogen (secondary N) is 1. The SMILES string of the molecule is CC1CC(NC(=O)OC(C)(C)C)(C(=O)O)CCN1C(=O)c1cnn2ccc(N3CCCC3c3cc(F)ccc3F)cc12. The number of likely N-dealkylation sites (tertiary alicyclic amines) is 1. The highest BCUT2D eigenvalue weighted by Crippen LogP contribution is 2.38. The molecule has 2 amide bonds. The normalized spacial score (nSPS) is 22.8. The number of ether oxygens (including phenoxy) is 1. The van der Waals surface area contributed by atoms with E-state index < -0.39 is 40.9 Å². The van der Waals surface area contributed by atoms with Gasteiger partial charge in [0.25, 0.3) is 5.91 Å². The molecule has 2 aromatic heterocycles. The Morgan fingerprint density at radius 2 is 1.90 bits per heavy atom. The summed E-state index contributed by atoms with van der Waals surface area (Å²) in [6, 6.07) is 6.25. The summed E-state index contributed by atoms with van der Waals surface area (Å²) in [5.41, 5.74) is -0.461. The molecular weight excluding hydrogens is 548 g/mol. The van der Waals surface area contributed by atoms with Crippen molar-refractivity contribution in [3.8, 4) is 0 Å². The van der Waals surface area contributed by atoms with E-state index >= 15 is 0 Å². The van der Waals surface area contributed by atoms with Crippen LogP contribution in [0, 0.1) is 11.6 Å². The molecule has 1 aromatic carbocycles. The number of rotatable bonds is 5. The number of carbonyl (C=O) groups excluding carboxylic acids is 2. The van der Waals surface area contributed by atoms with E-state index in [1.165, 1.54) is 12.3 Å². The zero-order chi connectivity index (χ0) is 30.4. The first-order chi connectivity index (χ1) is 19.8. The van der Waals surface area contributed by atoms with Gasteiger partial charge in [0.2, 0.25) is 0 Å². The molecule has 3 aromatic rings. The van der Waals surface area contributed by atoms with Crippen molar-refractivity contribution < 1.29 is 33.0 Å². The highest BCUT2D eigenvalue weighted by molar-refractivity contribution is 6.01. The average Bonchev–Trinajstić information content (AvgIpc) is 3.55. The molecule has 0 radical (unpaired) electrons. The van der Waals surface area contributed by atoms with Gasteiger partial charge in [-0.15, -0.1) is 0 Å². The van der Waals surface area contributed by atoms with E-state index in [1.54, 1.807) is 43.3 Å². The zero-order valence-corrected chi connectivity index (χ0v) is 24.1. The molecule has 2 fully saturated rings. The summed E-state index contributed by atoms with van der Waals surface area (Å²) in [5.74, 6) is -2.48. The minimum absolute atomic E-state index is 0.00320. The number of aliphatic carboxylic acids is 1. The zero-order valence-electron chi connectivity index (χ0n) is 24.1. The Labute approximate surface area is 242 Å². The summed E-state index contributed by atoms with van der Waals surface area (Å²) >= 11 is 0. The van der Waals surface area contributed by atoms with E-state index in [0.717, 1.165) is 24.2 Å². The third-order valence-corrected chi connectivity index (χ3v) is 8.00. The van der Waals surface area contributed by atoms with Crippen LogP contribution in [0.2, 0.25) is 0 Å². The highest BCUT2D eigenvalue weighted by atomic mass is 19.1. The van der Waals surface area contributed by atoms with Crippen molar-refractivity contribution in [1.29, 1.82) is 0 Å². The number of carboxylic acids is 1. The van der Waals surface area contributed by atoms with Gasteiger partial charge in [-0.1, -0.05) is 0 Å². The van der Waals surface area contributed by atoms with Crippen LogP contribution in [-0.2, 0) is 9.53 Å². The monoisotopic (exact) mass is 583 g/mol. The van der Waals surface area contributed by atoms with Crippen molar-refractivity contribution >= 4 is 29.2 Å². The number of nitrogens with zero attached hydrogens (tertiary/aromatic N) is 4. The third-order valence-electron chi connectivity index (χ3n) is 8.00. The second-order valence-electron chi connectivity index (χ2n) is 12.1. The Morgan fingerprint density at radius 3 is 2.60 bits per heavy atom. The minimum atomic E-state index is -1.58. The molecule has 4 heterocycles. The number of anilines is 1. The molecule has 0 saturated carbocycles. The Bertz CT molecular complexity index is 1540. The van der Waals surface area contributed by atoms with Crippen LogP contribution in [0.25, 0.3) is 5.52 Å². The average molecular weight is 584 g/mol. The third kappa shape index (κ3) is 5.62. The van der Waals surface area contributed by atoms with Crippen molar-refractivity contribution in [3.63, 3.8) is 0 Å². The van der Waals surface area contributed by atoms with Crippen LogP contribution in [-0.4, -0.2) is 67.9 Å². The molecule has 2 aliphatic heterocycles. The quantitative estimate of drug-likeness (QED) is 0.438. The lowest BCUT2D eigenvalue weighted by Gasteiger charge is -2.43. The van der Waals surface area contributed by atoms with Gasteiger partial charge in [0.1, 0.15) is 22.8 Å². The van der Waals surface area contributed by atoms with Gasteiger partial charge in [-0.25, -0.2) is 22.9 Å². The van der Waals surface area contributed by atoms with Crippen molar-refractivity contribution in [3.05, 3.63) is 65.5 Å². The Morgan fingerprint density at radius 1 is 1.14 bits per heavy atom. The molecule has 2 aliphatic rings. The predicted molar refractivity (Wildman–Crippen MR) is 150 cm³/mol. The fourth-order valence-corrected chi connectivity index (χ4v) is 6.05. The maximum Gasteiger partial charge on any atom is 0.408 e. The molecule has 224 valence electrons. The standard InChI is InChI=1S/C30H35F2N5O5/c1-18-16-30(27(39)40,34-28(41)42-29(2,3)4)10-13-35(18)26(38)22-17-33-37-12-9-20(15-25(22)37)36-11-5-6-24(36)21-14-19(31)7-8-23(21)32/h7-9,12,14-15,17-18,24H,5-6,10-11,13,16H2,1-4H3,(H,34,41)(H,39,40). The van der Waals surface area contributed by atoms with Crippen molar-refractivity contribution in [1.82, 2.24) is 19.8 Å².